The number of rotatable bonds is 0. The predicted molar refractivity (Wildman–Crippen MR) is 23.8 cm³/mol. The van der Waals surface area contributed by atoms with E-state index in [0.29, 0.717) is 0 Å². The van der Waals surface area contributed by atoms with Crippen LogP contribution in [0, 0.1) is 0 Å². The zero-order valence-corrected chi connectivity index (χ0v) is 4.62. The van der Waals surface area contributed by atoms with Crippen LogP contribution in [0.2, 0.25) is 0 Å². The van der Waals surface area contributed by atoms with E-state index >= 15 is 0 Å². The van der Waals surface area contributed by atoms with Crippen molar-refractivity contribution in [1.82, 2.24) is 0 Å². The summed E-state index contributed by atoms with van der Waals surface area (Å²) in [6, 6.07) is 0. The summed E-state index contributed by atoms with van der Waals surface area (Å²) >= 11 is 0. The average molecular weight is 114 g/mol. The summed E-state index contributed by atoms with van der Waals surface area (Å²) in [4.78, 5) is 0. The Morgan fingerprint density at radius 1 is 0.333 bits per heavy atom. The molecule has 0 aromatic rings. The largest absolute Gasteiger partial charge is 0.412 e. The van der Waals surface area contributed by atoms with Gasteiger partial charge in [0.2, 0.25) is 0 Å². The molecule has 0 saturated carbocycles. The van der Waals surface area contributed by atoms with Crippen molar-refractivity contribution in [3.63, 3.8) is 0 Å². The Labute approximate surface area is 51.0 Å². The number of hydrogen-bond donors (Lipinski definition) is 0. The first-order valence-electron chi connectivity index (χ1n) is 0. The molecule has 0 aromatic carbocycles. The average Bonchev–Trinajstić information content (AvgIpc) is 0. The highest BCUT2D eigenvalue weighted by Crippen LogP contribution is -0.285. The smallest absolute Gasteiger partial charge is 0 e. The van der Waals surface area contributed by atoms with Gasteiger partial charge < -0.3 is 27.4 Å². The van der Waals surface area contributed by atoms with Crippen molar-refractivity contribution in [2.75, 3.05) is 0 Å². The molecule has 10 N–H and O–H groups in total. The lowest BCUT2D eigenvalue weighted by Gasteiger charge is -0.413. The summed E-state index contributed by atoms with van der Waals surface area (Å²) < 4.78 is 0. The van der Waals surface area contributed by atoms with Crippen LogP contribution in [0.15, 0.2) is 0 Å². The molecule has 6 heavy (non-hydrogen) atoms. The lowest BCUT2D eigenvalue weighted by atomic mass is 16.0. The third kappa shape index (κ3) is 181. The van der Waals surface area contributed by atoms with Crippen LogP contribution in [-0.2, 0) is 0 Å². The Morgan fingerprint density at radius 3 is 0.333 bits per heavy atom. The van der Waals surface area contributed by atoms with Gasteiger partial charge in [-0.05, 0) is 0 Å². The van der Waals surface area contributed by atoms with Gasteiger partial charge in [-0.1, -0.05) is 0 Å². The van der Waals surface area contributed by atoms with Crippen molar-refractivity contribution in [3.05, 3.63) is 0 Å². The number of hydrogen-bond acceptors (Lipinski definition) is 0. The first-order chi connectivity index (χ1) is 0. The van der Waals surface area contributed by atoms with Crippen LogP contribution < -0.4 is 0 Å². The van der Waals surface area contributed by atoms with Gasteiger partial charge >= 0.3 is 0 Å². The van der Waals surface area contributed by atoms with Gasteiger partial charge in [0.25, 0.3) is 0 Å². The molecule has 0 amide bonds. The van der Waals surface area contributed by atoms with Crippen molar-refractivity contribution in [2.45, 2.75) is 0 Å². The zero-order valence-electron chi connectivity index (χ0n) is 3.21. The molecule has 0 spiro atoms. The second kappa shape index (κ2) is 362. The van der Waals surface area contributed by atoms with Crippen molar-refractivity contribution in [3.8, 4) is 0 Å². The normalized spacial score (nSPS) is 0. The lowest BCUT2D eigenvalue weighted by Crippen LogP contribution is -0.381. The molecule has 0 bridgehead atoms. The van der Waals surface area contributed by atoms with Gasteiger partial charge in [0.15, 0.2) is 0 Å². The Hall–Kier alpha value is 0.566. The summed E-state index contributed by atoms with van der Waals surface area (Å²) in [7, 11) is 0. The Balaban J connectivity index is 0. The summed E-state index contributed by atoms with van der Waals surface area (Å²) in [6.07, 6.45) is 0. The SMILES string of the molecule is O.O.O.O.O.[Mg]. The highest BCUT2D eigenvalue weighted by atomic mass is 24.3. The Bertz CT molecular complexity index is 3.90. The molecular weight excluding hydrogens is 104 g/mol. The van der Waals surface area contributed by atoms with Gasteiger partial charge in [0.05, 0.1) is 0 Å². The van der Waals surface area contributed by atoms with E-state index in [9.17, 15) is 0 Å². The van der Waals surface area contributed by atoms with Gasteiger partial charge in [0, 0.05) is 23.1 Å². The zero-order chi connectivity index (χ0) is 0. The highest BCUT2D eigenvalue weighted by molar-refractivity contribution is 5.75. The summed E-state index contributed by atoms with van der Waals surface area (Å²) in [5.41, 5.74) is 0. The third-order valence-electron chi connectivity index (χ3n) is 0. The molecule has 5 nitrogen and oxygen atoms in total. The minimum absolute atomic E-state index is 0. The molecule has 2 radical (unpaired) electrons. The third-order valence-corrected chi connectivity index (χ3v) is 0. The summed E-state index contributed by atoms with van der Waals surface area (Å²) in [5.74, 6) is 0. The maximum atomic E-state index is 0. The lowest BCUT2D eigenvalue weighted by molar-refractivity contribution is 0.823. The van der Waals surface area contributed by atoms with Crippen LogP contribution in [0.1, 0.15) is 0 Å². The molecule has 0 aliphatic heterocycles. The van der Waals surface area contributed by atoms with E-state index in [0.717, 1.165) is 0 Å². The molecule has 0 heterocycles. The van der Waals surface area contributed by atoms with E-state index in [1.807, 2.05) is 0 Å². The second-order valence-electron chi connectivity index (χ2n) is 0. The van der Waals surface area contributed by atoms with Crippen LogP contribution in [-0.4, -0.2) is 50.4 Å². The van der Waals surface area contributed by atoms with E-state index in [1.165, 1.54) is 0 Å². The predicted octanol–water partition coefficient (Wildman–Crippen LogP) is -4.50. The molecule has 0 rings (SSSR count). The molecule has 0 aliphatic rings. The van der Waals surface area contributed by atoms with Gasteiger partial charge in [-0.15, -0.1) is 0 Å². The molecule has 0 atom stereocenters. The molecule has 42 valence electrons. The minimum atomic E-state index is 0. The molecule has 0 fully saturated rings. The fourth-order valence-electron chi connectivity index (χ4n) is 0. The fourth-order valence-corrected chi connectivity index (χ4v) is 0. The monoisotopic (exact) mass is 114 g/mol. The van der Waals surface area contributed by atoms with Crippen LogP contribution in [0.4, 0.5) is 0 Å². The second-order valence-corrected chi connectivity index (χ2v) is 0. The van der Waals surface area contributed by atoms with Gasteiger partial charge in [-0.3, -0.25) is 0 Å². The van der Waals surface area contributed by atoms with Gasteiger partial charge in [-0.25, -0.2) is 0 Å². The van der Waals surface area contributed by atoms with E-state index < -0.39 is 0 Å². The molecule has 0 unspecified atom stereocenters. The van der Waals surface area contributed by atoms with E-state index in [2.05, 4.69) is 0 Å². The van der Waals surface area contributed by atoms with E-state index in [-0.39, 0.29) is 50.4 Å². The van der Waals surface area contributed by atoms with E-state index in [4.69, 9.17) is 0 Å². The van der Waals surface area contributed by atoms with Crippen LogP contribution in [0.5, 0.6) is 0 Å². The topological polar surface area (TPSA) is 158 Å². The van der Waals surface area contributed by atoms with Crippen molar-refractivity contribution in [2.24, 2.45) is 0 Å². The van der Waals surface area contributed by atoms with Crippen molar-refractivity contribution >= 4 is 23.1 Å². The first-order valence-corrected chi connectivity index (χ1v) is 0. The quantitative estimate of drug-likeness (QED) is 0.278. The van der Waals surface area contributed by atoms with Crippen LogP contribution >= 0.6 is 0 Å². The van der Waals surface area contributed by atoms with Crippen molar-refractivity contribution in [1.29, 1.82) is 0 Å². The van der Waals surface area contributed by atoms with Gasteiger partial charge in [0.1, 0.15) is 0 Å². The highest BCUT2D eigenvalue weighted by Gasteiger charge is 0.0000123. The summed E-state index contributed by atoms with van der Waals surface area (Å²) in [5, 5.41) is 0. The maximum absolute atomic E-state index is 0. The molecular formula is H10MgO5. The Kier molecular flexibility index (Phi) is 38300. The standard InChI is InChI=1S/Mg.5H2O/h;5*1H2. The maximum Gasteiger partial charge on any atom is 0 e. The molecule has 0 aliphatic carbocycles. The van der Waals surface area contributed by atoms with Crippen molar-refractivity contribution < 1.29 is 27.4 Å². The molecule has 6 heteroatoms. The van der Waals surface area contributed by atoms with E-state index in [1.54, 1.807) is 0 Å². The first kappa shape index (κ1) is 635. The molecule has 0 saturated heterocycles. The Morgan fingerprint density at radius 2 is 0.333 bits per heavy atom. The van der Waals surface area contributed by atoms with Crippen LogP contribution in [0.3, 0.4) is 0 Å². The minimum Gasteiger partial charge on any atom is -0.412 e. The summed E-state index contributed by atoms with van der Waals surface area (Å²) in [6.45, 7) is 0. The molecule has 0 aromatic heterocycles. The van der Waals surface area contributed by atoms with Gasteiger partial charge in [-0.2, -0.15) is 0 Å². The fraction of sp³-hybridized carbons (Fsp3) is 0. The van der Waals surface area contributed by atoms with Crippen LogP contribution in [0.25, 0.3) is 0 Å².